The van der Waals surface area contributed by atoms with E-state index in [1.165, 1.54) is 6.07 Å². The Balaban J connectivity index is 1.70. The first-order chi connectivity index (χ1) is 14.9. The van der Waals surface area contributed by atoms with Crippen molar-refractivity contribution in [3.8, 4) is 11.4 Å². The Hall–Kier alpha value is -3.10. The number of aryl methyl sites for hydroxylation is 1. The molecule has 158 valence electrons. The van der Waals surface area contributed by atoms with Gasteiger partial charge in [0.2, 0.25) is 0 Å². The first kappa shape index (κ1) is 18.7. The van der Waals surface area contributed by atoms with E-state index in [9.17, 15) is 24.2 Å². The van der Waals surface area contributed by atoms with Crippen LogP contribution in [0.4, 0.5) is 4.39 Å². The van der Waals surface area contributed by atoms with Crippen LogP contribution in [0.25, 0.3) is 22.3 Å². The van der Waals surface area contributed by atoms with Crippen LogP contribution >= 0.6 is 0 Å². The number of rotatable bonds is 1. The first-order valence-electron chi connectivity index (χ1n) is 10.3. The fourth-order valence-corrected chi connectivity index (χ4v) is 5.38. The van der Waals surface area contributed by atoms with E-state index in [1.807, 2.05) is 0 Å². The summed E-state index contributed by atoms with van der Waals surface area (Å²) in [6, 6.07) is 3.02. The van der Waals surface area contributed by atoms with Crippen LogP contribution < -0.4 is 5.56 Å². The topological polar surface area (TPSA) is 102 Å². The number of aliphatic hydroxyl groups excluding tert-OH is 2. The monoisotopic (exact) mass is 422 g/mol. The van der Waals surface area contributed by atoms with Crippen LogP contribution in [-0.4, -0.2) is 32.3 Å². The lowest BCUT2D eigenvalue weighted by Gasteiger charge is -2.28. The molecule has 8 heteroatoms. The SMILES string of the molecule is Cc1c(F)cc2nc3c(c4c2c1CCC4CO)Cn1c-3cc2c(c1=O)COC(=O)[C@H]2O. The van der Waals surface area contributed by atoms with E-state index in [1.54, 1.807) is 17.6 Å². The number of hydrogen-bond acceptors (Lipinski definition) is 6. The second-order valence-electron chi connectivity index (χ2n) is 8.49. The smallest absolute Gasteiger partial charge is 0.340 e. The predicted octanol–water partition coefficient (Wildman–Crippen LogP) is 1.99. The molecule has 3 aromatic rings. The highest BCUT2D eigenvalue weighted by Gasteiger charge is 2.37. The molecule has 0 spiro atoms. The molecule has 7 nitrogen and oxygen atoms in total. The Morgan fingerprint density at radius 3 is 2.84 bits per heavy atom. The van der Waals surface area contributed by atoms with E-state index in [0.717, 1.165) is 22.1 Å². The number of aromatic nitrogens is 2. The van der Waals surface area contributed by atoms with Crippen molar-refractivity contribution in [2.45, 2.75) is 44.9 Å². The average Bonchev–Trinajstić information content (AvgIpc) is 3.13. The number of carbonyl (C=O) groups is 1. The van der Waals surface area contributed by atoms with Crippen LogP contribution in [0.2, 0.25) is 0 Å². The summed E-state index contributed by atoms with van der Waals surface area (Å²) in [7, 11) is 0. The van der Waals surface area contributed by atoms with Crippen molar-refractivity contribution >= 4 is 16.9 Å². The summed E-state index contributed by atoms with van der Waals surface area (Å²) >= 11 is 0. The van der Waals surface area contributed by atoms with E-state index in [0.29, 0.717) is 35.3 Å². The molecule has 31 heavy (non-hydrogen) atoms. The van der Waals surface area contributed by atoms with Gasteiger partial charge in [-0.25, -0.2) is 14.2 Å². The number of benzene rings is 1. The van der Waals surface area contributed by atoms with Crippen molar-refractivity contribution in [3.05, 3.63) is 61.7 Å². The van der Waals surface area contributed by atoms with Gasteiger partial charge in [0.15, 0.2) is 6.10 Å². The summed E-state index contributed by atoms with van der Waals surface area (Å²) in [4.78, 5) is 29.7. The summed E-state index contributed by atoms with van der Waals surface area (Å²) in [5, 5.41) is 21.2. The summed E-state index contributed by atoms with van der Waals surface area (Å²) in [6.07, 6.45) is -0.185. The normalized spacial score (nSPS) is 21.0. The molecule has 0 amide bonds. The molecule has 0 saturated carbocycles. The van der Waals surface area contributed by atoms with Crippen molar-refractivity contribution in [2.24, 2.45) is 0 Å². The highest BCUT2D eigenvalue weighted by Crippen LogP contribution is 2.45. The minimum absolute atomic E-state index is 0.0514. The Labute approximate surface area is 175 Å². The van der Waals surface area contributed by atoms with Crippen molar-refractivity contribution in [3.63, 3.8) is 0 Å². The molecule has 1 aliphatic carbocycles. The quantitative estimate of drug-likeness (QED) is 0.455. The number of carbonyl (C=O) groups excluding carboxylic acids is 1. The number of halogens is 1. The molecule has 6 rings (SSSR count). The third-order valence-electron chi connectivity index (χ3n) is 6.99. The molecule has 0 saturated heterocycles. The van der Waals surface area contributed by atoms with Gasteiger partial charge in [0, 0.05) is 35.1 Å². The Morgan fingerprint density at radius 1 is 1.26 bits per heavy atom. The van der Waals surface area contributed by atoms with Gasteiger partial charge >= 0.3 is 5.97 Å². The first-order valence-corrected chi connectivity index (χ1v) is 10.3. The fourth-order valence-electron chi connectivity index (χ4n) is 5.38. The minimum Gasteiger partial charge on any atom is -0.458 e. The van der Waals surface area contributed by atoms with Gasteiger partial charge in [-0.3, -0.25) is 4.79 Å². The zero-order valence-electron chi connectivity index (χ0n) is 16.7. The van der Waals surface area contributed by atoms with Gasteiger partial charge < -0.3 is 19.5 Å². The summed E-state index contributed by atoms with van der Waals surface area (Å²) in [5.74, 6) is -1.26. The maximum atomic E-state index is 14.6. The van der Waals surface area contributed by atoms with Crippen LogP contribution in [0.5, 0.6) is 0 Å². The van der Waals surface area contributed by atoms with Gasteiger partial charge in [0.1, 0.15) is 12.4 Å². The molecule has 0 fully saturated rings. The molecular weight excluding hydrogens is 403 g/mol. The lowest BCUT2D eigenvalue weighted by molar-refractivity contribution is -0.157. The number of esters is 1. The minimum atomic E-state index is -1.53. The number of cyclic esters (lactones) is 1. The van der Waals surface area contributed by atoms with Gasteiger partial charge in [-0.1, -0.05) is 0 Å². The Bertz CT molecular complexity index is 1390. The van der Waals surface area contributed by atoms with Crippen molar-refractivity contribution < 1.29 is 24.1 Å². The largest absolute Gasteiger partial charge is 0.458 e. The molecule has 3 aliphatic rings. The molecule has 2 atom stereocenters. The summed E-state index contributed by atoms with van der Waals surface area (Å²) in [5.41, 5.74) is 4.89. The van der Waals surface area contributed by atoms with Gasteiger partial charge in [0.05, 0.1) is 29.0 Å². The third kappa shape index (κ3) is 2.31. The molecular formula is C23H19FN2O5. The number of aliphatic hydroxyl groups is 2. The van der Waals surface area contributed by atoms with Gasteiger partial charge in [-0.2, -0.15) is 0 Å². The van der Waals surface area contributed by atoms with E-state index in [2.05, 4.69) is 0 Å². The third-order valence-corrected chi connectivity index (χ3v) is 6.99. The van der Waals surface area contributed by atoms with Crippen molar-refractivity contribution in [1.29, 1.82) is 0 Å². The molecule has 0 bridgehead atoms. The van der Waals surface area contributed by atoms with Crippen LogP contribution in [0.1, 0.15) is 51.8 Å². The molecule has 1 unspecified atom stereocenters. The second kappa shape index (κ2) is 6.21. The highest BCUT2D eigenvalue weighted by atomic mass is 19.1. The molecule has 2 aliphatic heterocycles. The van der Waals surface area contributed by atoms with Crippen LogP contribution in [0.3, 0.4) is 0 Å². The Kier molecular flexibility index (Phi) is 3.74. The second-order valence-corrected chi connectivity index (χ2v) is 8.49. The summed E-state index contributed by atoms with van der Waals surface area (Å²) in [6.45, 7) is 1.79. The van der Waals surface area contributed by atoms with Crippen molar-refractivity contribution in [1.82, 2.24) is 9.55 Å². The maximum absolute atomic E-state index is 14.6. The van der Waals surface area contributed by atoms with E-state index in [-0.39, 0.29) is 48.2 Å². The maximum Gasteiger partial charge on any atom is 0.340 e. The number of hydrogen-bond donors (Lipinski definition) is 2. The predicted molar refractivity (Wildman–Crippen MR) is 108 cm³/mol. The van der Waals surface area contributed by atoms with Crippen LogP contribution in [-0.2, 0) is 29.1 Å². The zero-order chi connectivity index (χ0) is 21.6. The number of fused-ring (bicyclic) bond motifs is 5. The van der Waals surface area contributed by atoms with Crippen LogP contribution in [0.15, 0.2) is 16.9 Å². The van der Waals surface area contributed by atoms with E-state index >= 15 is 0 Å². The molecule has 2 N–H and O–H groups in total. The standard InChI is InChI=1S/C23H19FN2O5/c1-9-11-3-2-10(7-27)18-13-6-26-17(20(13)25-16(19(11)18)5-15(9)24)4-12-14(22(26)29)8-31-23(30)21(12)28/h4-5,10,21,27-28H,2-3,6-8H2,1H3/t10?,21-/m0/s1. The fraction of sp³-hybridized carbons (Fsp3) is 0.348. The number of pyridine rings is 2. The average molecular weight is 422 g/mol. The van der Waals surface area contributed by atoms with Gasteiger partial charge in [-0.15, -0.1) is 0 Å². The van der Waals surface area contributed by atoms with Gasteiger partial charge in [-0.05, 0) is 42.5 Å². The number of nitrogens with zero attached hydrogens (tertiary/aromatic N) is 2. The van der Waals surface area contributed by atoms with Gasteiger partial charge in [0.25, 0.3) is 5.56 Å². The van der Waals surface area contributed by atoms with Crippen LogP contribution in [0, 0.1) is 12.7 Å². The molecule has 1 aromatic carbocycles. The van der Waals surface area contributed by atoms with E-state index in [4.69, 9.17) is 9.72 Å². The summed E-state index contributed by atoms with van der Waals surface area (Å²) < 4.78 is 21.1. The lowest BCUT2D eigenvalue weighted by Crippen LogP contribution is -2.32. The number of ether oxygens (including phenoxy) is 1. The van der Waals surface area contributed by atoms with E-state index < -0.39 is 12.1 Å². The highest BCUT2D eigenvalue weighted by molar-refractivity contribution is 5.93. The molecule has 4 heterocycles. The zero-order valence-corrected chi connectivity index (χ0v) is 16.7. The molecule has 0 radical (unpaired) electrons. The van der Waals surface area contributed by atoms with Crippen molar-refractivity contribution in [2.75, 3.05) is 6.61 Å². The lowest BCUT2D eigenvalue weighted by atomic mass is 9.78. The Morgan fingerprint density at radius 2 is 2.06 bits per heavy atom. The molecule has 2 aromatic heterocycles.